The van der Waals surface area contributed by atoms with Crippen molar-refractivity contribution in [2.75, 3.05) is 75.5 Å². The van der Waals surface area contributed by atoms with Gasteiger partial charge in [0, 0.05) is 80.5 Å². The largest absolute Gasteiger partial charge is 0.486 e. The van der Waals surface area contributed by atoms with E-state index in [1.165, 1.54) is 0 Å². The number of fused-ring (bicyclic) bond motifs is 4. The van der Waals surface area contributed by atoms with E-state index in [0.717, 1.165) is 79.7 Å². The highest BCUT2D eigenvalue weighted by atomic mass is 16.6. The third kappa shape index (κ3) is 7.83. The van der Waals surface area contributed by atoms with E-state index in [9.17, 15) is 9.59 Å². The van der Waals surface area contributed by atoms with Gasteiger partial charge in [-0.05, 0) is 87.5 Å². The second kappa shape index (κ2) is 15.8. The van der Waals surface area contributed by atoms with Crippen molar-refractivity contribution < 1.29 is 18.9 Å². The minimum absolute atomic E-state index is 0.0929. The lowest BCUT2D eigenvalue weighted by Crippen LogP contribution is -2.54. The number of nitrogens with zero attached hydrogens (tertiary/aromatic N) is 6. The second-order valence-corrected chi connectivity index (χ2v) is 14.9. The molecule has 10 rings (SSSR count). The van der Waals surface area contributed by atoms with Crippen LogP contribution in [0.15, 0.2) is 94.8 Å². The highest BCUT2D eigenvalue weighted by Crippen LogP contribution is 2.35. The van der Waals surface area contributed by atoms with E-state index >= 15 is 0 Å². The molecule has 294 valence electrons. The van der Waals surface area contributed by atoms with Gasteiger partial charge in [-0.2, -0.15) is 0 Å². The number of anilines is 2. The molecule has 2 fully saturated rings. The van der Waals surface area contributed by atoms with Crippen LogP contribution in [0.2, 0.25) is 0 Å². The quantitative estimate of drug-likeness (QED) is 0.265. The fraction of sp³-hybridized carbons (Fsp3) is 0.349. The van der Waals surface area contributed by atoms with E-state index in [-0.39, 0.29) is 11.1 Å². The van der Waals surface area contributed by atoms with Crippen LogP contribution in [-0.2, 0) is 0 Å². The maximum absolute atomic E-state index is 12.9. The maximum atomic E-state index is 12.9. The monoisotopic (exact) mass is 770 g/mol. The standard InChI is InChI=1S/C22H24N4O3.C21H22N4O3/c1-14-11-25(12-15(2)23-14)17-4-6-21-24-18(10-22(27)26(21)13-17)16-3-5-19-20(9-16)29-8-7-28-19;26-21-13-17(15-2-4-18-19(12-15)28-11-10-27-18)23-20-5-3-16(14-25(20)21)24-8-1-6-22-7-9-24/h3-6,9-10,13-15,23H,7-8,11-12H2,1-2H3;2-5,12-14,22H,1,6-11H2/t14-,15+;. The SMILES string of the molecule is C[C@@H]1CN(c2ccc3nc(-c4ccc5c(c4)OCCO5)cc(=O)n3c2)C[C@H](C)N1.O=c1cc(-c2ccc3c(c2)OCCO3)nc2ccc(N3CCCNCC3)cn12. The van der Waals surface area contributed by atoms with Gasteiger partial charge in [0.05, 0.1) is 22.8 Å². The Kier molecular flexibility index (Phi) is 10.1. The highest BCUT2D eigenvalue weighted by Gasteiger charge is 2.22. The van der Waals surface area contributed by atoms with Gasteiger partial charge in [0.2, 0.25) is 0 Å². The van der Waals surface area contributed by atoms with Gasteiger partial charge >= 0.3 is 0 Å². The van der Waals surface area contributed by atoms with E-state index in [2.05, 4.69) is 34.3 Å². The van der Waals surface area contributed by atoms with Crippen LogP contribution >= 0.6 is 0 Å². The van der Waals surface area contributed by atoms with Gasteiger partial charge in [-0.3, -0.25) is 18.4 Å². The topological polar surface area (TPSA) is 136 Å². The van der Waals surface area contributed by atoms with Crippen LogP contribution in [0.5, 0.6) is 23.0 Å². The predicted molar refractivity (Wildman–Crippen MR) is 220 cm³/mol. The number of ether oxygens (including phenoxy) is 4. The molecule has 0 aliphatic carbocycles. The molecule has 0 unspecified atom stereocenters. The van der Waals surface area contributed by atoms with Crippen LogP contribution in [0.3, 0.4) is 0 Å². The third-order valence-corrected chi connectivity index (χ3v) is 10.6. The van der Waals surface area contributed by atoms with Crippen LogP contribution in [0.4, 0.5) is 11.4 Å². The fourth-order valence-electron chi connectivity index (χ4n) is 7.90. The van der Waals surface area contributed by atoms with Gasteiger partial charge < -0.3 is 39.4 Å². The Morgan fingerprint density at radius 1 is 0.579 bits per heavy atom. The van der Waals surface area contributed by atoms with Crippen molar-refractivity contribution in [1.82, 2.24) is 29.4 Å². The molecule has 2 N–H and O–H groups in total. The third-order valence-electron chi connectivity index (χ3n) is 10.6. The number of piperazine rings is 1. The molecular weight excluding hydrogens is 725 g/mol. The Balaban J connectivity index is 0.000000148. The number of hydrogen-bond donors (Lipinski definition) is 2. The summed E-state index contributed by atoms with van der Waals surface area (Å²) < 4.78 is 25.7. The first-order valence-corrected chi connectivity index (χ1v) is 19.7. The van der Waals surface area contributed by atoms with Gasteiger partial charge in [0.1, 0.15) is 37.7 Å². The lowest BCUT2D eigenvalue weighted by molar-refractivity contribution is 0.171. The summed E-state index contributed by atoms with van der Waals surface area (Å²) in [5.41, 5.74) is 6.09. The van der Waals surface area contributed by atoms with E-state index in [4.69, 9.17) is 28.9 Å². The molecule has 0 spiro atoms. The molecule has 8 heterocycles. The average Bonchev–Trinajstić information content (AvgIpc) is 3.53. The number of benzene rings is 2. The summed E-state index contributed by atoms with van der Waals surface area (Å²) >= 11 is 0. The van der Waals surface area contributed by atoms with Crippen molar-refractivity contribution in [2.24, 2.45) is 0 Å². The number of rotatable bonds is 4. The maximum Gasteiger partial charge on any atom is 0.258 e. The number of nitrogens with one attached hydrogen (secondary N) is 2. The molecule has 0 amide bonds. The summed E-state index contributed by atoms with van der Waals surface area (Å²) in [6, 6.07) is 23.2. The zero-order chi connectivity index (χ0) is 38.9. The Morgan fingerprint density at radius 2 is 1.09 bits per heavy atom. The van der Waals surface area contributed by atoms with Crippen molar-refractivity contribution in [3.63, 3.8) is 0 Å². The van der Waals surface area contributed by atoms with Crippen LogP contribution in [0.25, 0.3) is 33.8 Å². The molecule has 0 radical (unpaired) electrons. The van der Waals surface area contributed by atoms with Crippen molar-refractivity contribution in [3.05, 3.63) is 106 Å². The van der Waals surface area contributed by atoms with Crippen LogP contribution in [0, 0.1) is 0 Å². The number of aromatic nitrogens is 4. The minimum Gasteiger partial charge on any atom is -0.486 e. The van der Waals surface area contributed by atoms with Crippen molar-refractivity contribution in [3.8, 4) is 45.5 Å². The molecule has 4 aromatic heterocycles. The first-order valence-electron chi connectivity index (χ1n) is 19.7. The van der Waals surface area contributed by atoms with Gasteiger partial charge in [-0.1, -0.05) is 0 Å². The van der Waals surface area contributed by atoms with Crippen molar-refractivity contribution in [2.45, 2.75) is 32.4 Å². The molecule has 0 bridgehead atoms. The van der Waals surface area contributed by atoms with E-state index in [0.29, 0.717) is 72.7 Å². The Labute approximate surface area is 329 Å². The molecule has 0 saturated carbocycles. The molecular formula is C43H46N8O6. The lowest BCUT2D eigenvalue weighted by Gasteiger charge is -2.37. The Morgan fingerprint density at radius 3 is 1.63 bits per heavy atom. The highest BCUT2D eigenvalue weighted by molar-refractivity contribution is 5.68. The second-order valence-electron chi connectivity index (χ2n) is 14.9. The van der Waals surface area contributed by atoms with Gasteiger partial charge in [0.25, 0.3) is 11.1 Å². The molecule has 2 atom stereocenters. The molecule has 4 aliphatic rings. The predicted octanol–water partition coefficient (Wildman–Crippen LogP) is 4.25. The van der Waals surface area contributed by atoms with Crippen molar-refractivity contribution >= 4 is 22.7 Å². The smallest absolute Gasteiger partial charge is 0.258 e. The van der Waals surface area contributed by atoms with E-state index < -0.39 is 0 Å². The minimum atomic E-state index is -0.0991. The molecule has 14 heteroatoms. The summed E-state index contributed by atoms with van der Waals surface area (Å²) in [5, 5.41) is 6.93. The van der Waals surface area contributed by atoms with Gasteiger partial charge in [-0.25, -0.2) is 9.97 Å². The summed E-state index contributed by atoms with van der Waals surface area (Å²) in [6.07, 6.45) is 4.88. The summed E-state index contributed by atoms with van der Waals surface area (Å²) in [5.74, 6) is 2.83. The lowest BCUT2D eigenvalue weighted by atomic mass is 10.1. The first kappa shape index (κ1) is 36.5. The van der Waals surface area contributed by atoms with Gasteiger partial charge in [0.15, 0.2) is 23.0 Å². The molecule has 2 saturated heterocycles. The molecule has 2 aromatic carbocycles. The molecule has 14 nitrogen and oxygen atoms in total. The zero-order valence-electron chi connectivity index (χ0n) is 32.1. The van der Waals surface area contributed by atoms with Crippen LogP contribution < -0.4 is 50.5 Å². The summed E-state index contributed by atoms with van der Waals surface area (Å²) in [7, 11) is 0. The normalized spacial score (nSPS) is 19.1. The Hall–Kier alpha value is -6.12. The van der Waals surface area contributed by atoms with E-state index in [1.807, 2.05) is 73.1 Å². The number of pyridine rings is 2. The van der Waals surface area contributed by atoms with E-state index in [1.54, 1.807) is 20.9 Å². The van der Waals surface area contributed by atoms with Crippen LogP contribution in [-0.4, -0.2) is 96.5 Å². The van der Waals surface area contributed by atoms with Gasteiger partial charge in [-0.15, -0.1) is 0 Å². The fourth-order valence-corrected chi connectivity index (χ4v) is 7.90. The Bertz CT molecular complexity index is 2540. The van der Waals surface area contributed by atoms with Crippen LogP contribution in [0.1, 0.15) is 20.3 Å². The van der Waals surface area contributed by atoms with Crippen molar-refractivity contribution in [1.29, 1.82) is 0 Å². The molecule has 4 aliphatic heterocycles. The molecule has 57 heavy (non-hydrogen) atoms. The number of hydrogen-bond acceptors (Lipinski definition) is 12. The first-order chi connectivity index (χ1) is 27.8. The summed E-state index contributed by atoms with van der Waals surface area (Å²) in [6.45, 7) is 12.2. The average molecular weight is 771 g/mol. The zero-order valence-corrected chi connectivity index (χ0v) is 32.1. The molecule has 6 aromatic rings. The summed E-state index contributed by atoms with van der Waals surface area (Å²) in [4.78, 5) is 39.7.